The molecule has 3 rings (SSSR count). The van der Waals surface area contributed by atoms with Gasteiger partial charge in [0.1, 0.15) is 18.1 Å². The number of carboxylic acid groups (broad SMARTS) is 1. The molecule has 0 bridgehead atoms. The molecular formula is C27H31NO5. The molecule has 0 heterocycles. The van der Waals surface area contributed by atoms with Crippen molar-refractivity contribution >= 4 is 5.97 Å². The summed E-state index contributed by atoms with van der Waals surface area (Å²) in [6.45, 7) is 4.98. The van der Waals surface area contributed by atoms with Gasteiger partial charge in [-0.15, -0.1) is 0 Å². The van der Waals surface area contributed by atoms with E-state index in [1.54, 1.807) is 36.4 Å². The number of aliphatic hydroxyl groups excluding tert-OH is 1. The third-order valence-corrected chi connectivity index (χ3v) is 5.58. The van der Waals surface area contributed by atoms with Crippen LogP contribution in [0.4, 0.5) is 0 Å². The Balaban J connectivity index is 1.54. The molecule has 3 aromatic rings. The number of benzene rings is 3. The minimum atomic E-state index is -0.916. The minimum absolute atomic E-state index is 0.171. The number of nitrogens with one attached hydrogen (secondary N) is 1. The maximum absolute atomic E-state index is 11.3. The number of aromatic carboxylic acids is 1. The number of carboxylic acids is 1. The van der Waals surface area contributed by atoms with Gasteiger partial charge >= 0.3 is 5.97 Å². The number of phenols is 1. The average Bonchev–Trinajstić information content (AvgIpc) is 2.82. The lowest BCUT2D eigenvalue weighted by molar-refractivity contribution is 0.0696. The number of aromatic hydroxyl groups is 1. The third-order valence-electron chi connectivity index (χ3n) is 5.58. The Bertz CT molecular complexity index is 1050. The van der Waals surface area contributed by atoms with E-state index in [1.807, 2.05) is 37.3 Å². The fraction of sp³-hybridized carbons (Fsp3) is 0.296. The molecule has 0 aliphatic heterocycles. The van der Waals surface area contributed by atoms with Crippen molar-refractivity contribution in [2.45, 2.75) is 38.8 Å². The van der Waals surface area contributed by atoms with Crippen LogP contribution in [0.15, 0.2) is 66.7 Å². The number of ether oxygens (including phenoxy) is 1. The van der Waals surface area contributed by atoms with Crippen LogP contribution in [0, 0.1) is 0 Å². The summed E-state index contributed by atoms with van der Waals surface area (Å²) in [6, 6.07) is 19.4. The molecule has 0 fully saturated rings. The Kier molecular flexibility index (Phi) is 8.46. The fourth-order valence-electron chi connectivity index (χ4n) is 3.74. The number of hydrogen-bond donors (Lipinski definition) is 4. The summed E-state index contributed by atoms with van der Waals surface area (Å²) in [6.07, 6.45) is 1.06. The molecule has 0 aliphatic carbocycles. The van der Waals surface area contributed by atoms with Crippen LogP contribution < -0.4 is 10.1 Å². The van der Waals surface area contributed by atoms with Crippen molar-refractivity contribution < 1.29 is 24.9 Å². The summed E-state index contributed by atoms with van der Waals surface area (Å²) in [4.78, 5) is 11.3. The van der Waals surface area contributed by atoms with Gasteiger partial charge < -0.3 is 25.4 Å². The highest BCUT2D eigenvalue weighted by Crippen LogP contribution is 2.28. The number of aliphatic hydroxyl groups is 1. The van der Waals surface area contributed by atoms with Crippen LogP contribution >= 0.6 is 0 Å². The normalized spacial score (nSPS) is 12.8. The SMILES string of the molecule is CCCc1cc(C(=O)O)ccc1-c1ccc(OCCNC(C)C(O)c2ccc(O)cc2)cc1. The first-order valence-corrected chi connectivity index (χ1v) is 11.2. The third kappa shape index (κ3) is 6.57. The molecule has 3 aromatic carbocycles. The maximum Gasteiger partial charge on any atom is 0.335 e. The van der Waals surface area contributed by atoms with Gasteiger partial charge in [0.15, 0.2) is 0 Å². The molecule has 0 saturated heterocycles. The highest BCUT2D eigenvalue weighted by molar-refractivity contribution is 5.89. The molecule has 4 N–H and O–H groups in total. The van der Waals surface area contributed by atoms with Crippen molar-refractivity contribution in [3.8, 4) is 22.6 Å². The Labute approximate surface area is 194 Å². The quantitative estimate of drug-likeness (QED) is 0.314. The minimum Gasteiger partial charge on any atom is -0.508 e. The van der Waals surface area contributed by atoms with Gasteiger partial charge in [-0.3, -0.25) is 0 Å². The molecule has 6 heteroatoms. The zero-order valence-corrected chi connectivity index (χ0v) is 19.0. The Morgan fingerprint density at radius 3 is 2.36 bits per heavy atom. The van der Waals surface area contributed by atoms with E-state index >= 15 is 0 Å². The summed E-state index contributed by atoms with van der Waals surface area (Å²) >= 11 is 0. The smallest absolute Gasteiger partial charge is 0.335 e. The van der Waals surface area contributed by atoms with Crippen LogP contribution in [0.1, 0.15) is 47.9 Å². The number of hydrogen-bond acceptors (Lipinski definition) is 5. The van der Waals surface area contributed by atoms with Gasteiger partial charge in [-0.2, -0.15) is 0 Å². The van der Waals surface area contributed by atoms with Crippen molar-refractivity contribution in [2.24, 2.45) is 0 Å². The molecule has 174 valence electrons. The number of phenolic OH excluding ortho intramolecular Hbond substituents is 1. The standard InChI is InChI=1S/C27H31NO5/c1-3-4-21-17-22(27(31)32)9-14-25(21)19-7-12-24(13-8-19)33-16-15-28-18(2)26(30)20-5-10-23(29)11-6-20/h5-14,17-18,26,28-30H,3-4,15-16H2,1-2H3,(H,31,32). The van der Waals surface area contributed by atoms with Crippen molar-refractivity contribution in [1.29, 1.82) is 0 Å². The van der Waals surface area contributed by atoms with Crippen LogP contribution in [0.2, 0.25) is 0 Å². The van der Waals surface area contributed by atoms with E-state index in [9.17, 15) is 20.1 Å². The predicted molar refractivity (Wildman–Crippen MR) is 129 cm³/mol. The van der Waals surface area contributed by atoms with Gasteiger partial charge in [-0.25, -0.2) is 4.79 Å². The van der Waals surface area contributed by atoms with E-state index in [2.05, 4.69) is 12.2 Å². The van der Waals surface area contributed by atoms with E-state index < -0.39 is 12.1 Å². The second-order valence-electron chi connectivity index (χ2n) is 8.08. The zero-order chi connectivity index (χ0) is 23.8. The van der Waals surface area contributed by atoms with Gasteiger partial charge in [0.25, 0.3) is 0 Å². The van der Waals surface area contributed by atoms with Gasteiger partial charge in [-0.1, -0.05) is 43.7 Å². The second kappa shape index (κ2) is 11.5. The summed E-state index contributed by atoms with van der Waals surface area (Å²) in [5.41, 5.74) is 4.12. The molecule has 0 aliphatic rings. The van der Waals surface area contributed by atoms with Crippen LogP contribution in [-0.2, 0) is 6.42 Å². The van der Waals surface area contributed by atoms with E-state index in [-0.39, 0.29) is 11.8 Å². The lowest BCUT2D eigenvalue weighted by Gasteiger charge is -2.21. The summed E-state index contributed by atoms with van der Waals surface area (Å²) in [5, 5.41) is 32.3. The van der Waals surface area contributed by atoms with Gasteiger partial charge in [0, 0.05) is 12.6 Å². The highest BCUT2D eigenvalue weighted by atomic mass is 16.5. The van der Waals surface area contributed by atoms with Crippen LogP contribution in [0.3, 0.4) is 0 Å². The summed E-state index contributed by atoms with van der Waals surface area (Å²) in [5.74, 6) is -0.00232. The monoisotopic (exact) mass is 449 g/mol. The molecule has 2 atom stereocenters. The number of carbonyl (C=O) groups is 1. The van der Waals surface area contributed by atoms with Crippen LogP contribution in [-0.4, -0.2) is 40.5 Å². The van der Waals surface area contributed by atoms with E-state index in [0.29, 0.717) is 18.7 Å². The van der Waals surface area contributed by atoms with Gasteiger partial charge in [-0.05, 0) is 72.0 Å². The van der Waals surface area contributed by atoms with E-state index in [4.69, 9.17) is 4.74 Å². The highest BCUT2D eigenvalue weighted by Gasteiger charge is 2.15. The number of aryl methyl sites for hydroxylation is 1. The molecule has 33 heavy (non-hydrogen) atoms. The van der Waals surface area contributed by atoms with Crippen molar-refractivity contribution in [1.82, 2.24) is 5.32 Å². The molecule has 6 nitrogen and oxygen atoms in total. The van der Waals surface area contributed by atoms with Crippen LogP contribution in [0.25, 0.3) is 11.1 Å². The molecule has 0 amide bonds. The first kappa shape index (κ1) is 24.3. The second-order valence-corrected chi connectivity index (χ2v) is 8.08. The Morgan fingerprint density at radius 2 is 1.73 bits per heavy atom. The van der Waals surface area contributed by atoms with Gasteiger partial charge in [0.2, 0.25) is 0 Å². The predicted octanol–water partition coefficient (Wildman–Crippen LogP) is 4.80. The fourth-order valence-corrected chi connectivity index (χ4v) is 3.74. The van der Waals surface area contributed by atoms with E-state index in [0.717, 1.165) is 40.8 Å². The topological polar surface area (TPSA) is 99.0 Å². The van der Waals surface area contributed by atoms with Crippen LogP contribution in [0.5, 0.6) is 11.5 Å². The molecule has 0 aromatic heterocycles. The van der Waals surface area contributed by atoms with E-state index in [1.165, 1.54) is 0 Å². The zero-order valence-electron chi connectivity index (χ0n) is 19.0. The number of rotatable bonds is 11. The Morgan fingerprint density at radius 1 is 1.03 bits per heavy atom. The molecule has 0 saturated carbocycles. The summed E-state index contributed by atoms with van der Waals surface area (Å²) < 4.78 is 5.82. The van der Waals surface area contributed by atoms with Crippen molar-refractivity contribution in [3.63, 3.8) is 0 Å². The van der Waals surface area contributed by atoms with Gasteiger partial charge in [0.05, 0.1) is 11.7 Å². The first-order valence-electron chi connectivity index (χ1n) is 11.2. The molecular weight excluding hydrogens is 418 g/mol. The summed E-state index contributed by atoms with van der Waals surface area (Å²) in [7, 11) is 0. The molecule has 2 unspecified atom stereocenters. The molecule has 0 spiro atoms. The Hall–Kier alpha value is -3.35. The lowest BCUT2D eigenvalue weighted by atomic mass is 9.95. The first-order chi connectivity index (χ1) is 15.9. The van der Waals surface area contributed by atoms with Crippen molar-refractivity contribution in [2.75, 3.05) is 13.2 Å². The average molecular weight is 450 g/mol. The molecule has 0 radical (unpaired) electrons. The van der Waals surface area contributed by atoms with Crippen molar-refractivity contribution in [3.05, 3.63) is 83.4 Å². The largest absolute Gasteiger partial charge is 0.508 e. The maximum atomic E-state index is 11.3. The lowest BCUT2D eigenvalue weighted by Crippen LogP contribution is -2.35.